The molecular weight excluding hydrogens is 256 g/mol. The molecule has 20 heavy (non-hydrogen) atoms. The number of benzene rings is 1. The SMILES string of the molecule is Cc1c(OCC2CCN(C)CC2)ccc([N+](=O)[O-])c1C. The molecule has 1 aliphatic rings. The Morgan fingerprint density at radius 3 is 2.55 bits per heavy atom. The Hall–Kier alpha value is -1.62. The van der Waals surface area contributed by atoms with Crippen molar-refractivity contribution in [2.24, 2.45) is 5.92 Å². The summed E-state index contributed by atoms with van der Waals surface area (Å²) in [7, 11) is 2.14. The zero-order chi connectivity index (χ0) is 14.7. The van der Waals surface area contributed by atoms with Crippen LogP contribution in [0.2, 0.25) is 0 Å². The largest absolute Gasteiger partial charge is 0.493 e. The summed E-state index contributed by atoms with van der Waals surface area (Å²) in [5.41, 5.74) is 1.72. The number of hydrogen-bond acceptors (Lipinski definition) is 4. The van der Waals surface area contributed by atoms with Gasteiger partial charge in [0.15, 0.2) is 0 Å². The normalized spacial score (nSPS) is 17.1. The Labute approximate surface area is 119 Å². The average Bonchev–Trinajstić information content (AvgIpc) is 2.42. The maximum Gasteiger partial charge on any atom is 0.272 e. The zero-order valence-electron chi connectivity index (χ0n) is 12.4. The summed E-state index contributed by atoms with van der Waals surface area (Å²) in [5, 5.41) is 10.9. The molecular formula is C15H22N2O3. The summed E-state index contributed by atoms with van der Waals surface area (Å²) in [6.07, 6.45) is 2.31. The topological polar surface area (TPSA) is 55.6 Å². The quantitative estimate of drug-likeness (QED) is 0.627. The minimum atomic E-state index is -0.344. The van der Waals surface area contributed by atoms with E-state index >= 15 is 0 Å². The Balaban J connectivity index is 2.00. The van der Waals surface area contributed by atoms with Gasteiger partial charge in [-0.3, -0.25) is 10.1 Å². The van der Waals surface area contributed by atoms with Crippen molar-refractivity contribution in [2.75, 3.05) is 26.7 Å². The van der Waals surface area contributed by atoms with Gasteiger partial charge in [-0.25, -0.2) is 0 Å². The molecule has 0 bridgehead atoms. The molecule has 0 radical (unpaired) electrons. The van der Waals surface area contributed by atoms with Crippen LogP contribution in [0.5, 0.6) is 5.75 Å². The van der Waals surface area contributed by atoms with Gasteiger partial charge in [-0.05, 0) is 58.8 Å². The second-order valence-corrected chi connectivity index (χ2v) is 5.65. The molecule has 1 aromatic rings. The number of nitro groups is 1. The Morgan fingerprint density at radius 2 is 1.95 bits per heavy atom. The molecule has 1 fully saturated rings. The van der Waals surface area contributed by atoms with Gasteiger partial charge in [-0.15, -0.1) is 0 Å². The van der Waals surface area contributed by atoms with Crippen molar-refractivity contribution in [3.63, 3.8) is 0 Å². The minimum Gasteiger partial charge on any atom is -0.493 e. The third kappa shape index (κ3) is 3.28. The predicted octanol–water partition coefficient (Wildman–Crippen LogP) is 2.93. The van der Waals surface area contributed by atoms with E-state index in [-0.39, 0.29) is 10.6 Å². The summed E-state index contributed by atoms with van der Waals surface area (Å²) in [4.78, 5) is 12.9. The van der Waals surface area contributed by atoms with Gasteiger partial charge in [0.25, 0.3) is 5.69 Å². The van der Waals surface area contributed by atoms with Gasteiger partial charge in [0.2, 0.25) is 0 Å². The fraction of sp³-hybridized carbons (Fsp3) is 0.600. The lowest BCUT2D eigenvalue weighted by atomic mass is 9.98. The van der Waals surface area contributed by atoms with Crippen LogP contribution in [-0.4, -0.2) is 36.6 Å². The summed E-state index contributed by atoms with van der Waals surface area (Å²) in [6.45, 7) is 6.59. The van der Waals surface area contributed by atoms with Crippen LogP contribution in [0, 0.1) is 29.9 Å². The van der Waals surface area contributed by atoms with Crippen molar-refractivity contribution in [1.29, 1.82) is 0 Å². The van der Waals surface area contributed by atoms with Crippen LogP contribution in [0.3, 0.4) is 0 Å². The molecule has 5 heteroatoms. The molecule has 1 heterocycles. The van der Waals surface area contributed by atoms with E-state index in [4.69, 9.17) is 4.74 Å². The van der Waals surface area contributed by atoms with E-state index in [0.717, 1.165) is 37.2 Å². The molecule has 0 spiro atoms. The Kier molecular flexibility index (Phi) is 4.60. The summed E-state index contributed by atoms with van der Waals surface area (Å²) < 4.78 is 5.89. The predicted molar refractivity (Wildman–Crippen MR) is 78.3 cm³/mol. The van der Waals surface area contributed by atoms with Crippen LogP contribution in [0.25, 0.3) is 0 Å². The van der Waals surface area contributed by atoms with E-state index in [2.05, 4.69) is 11.9 Å². The monoisotopic (exact) mass is 278 g/mol. The highest BCUT2D eigenvalue weighted by atomic mass is 16.6. The standard InChI is InChI=1S/C15H22N2O3/c1-11-12(2)15(5-4-14(11)17(18)19)20-10-13-6-8-16(3)9-7-13/h4-5,13H,6-10H2,1-3H3. The van der Waals surface area contributed by atoms with Crippen LogP contribution in [-0.2, 0) is 0 Å². The number of nitro benzene ring substituents is 1. The van der Waals surface area contributed by atoms with Crippen LogP contribution < -0.4 is 4.74 Å². The zero-order valence-corrected chi connectivity index (χ0v) is 12.4. The number of rotatable bonds is 4. The molecule has 1 aliphatic heterocycles. The lowest BCUT2D eigenvalue weighted by Crippen LogP contribution is -2.32. The van der Waals surface area contributed by atoms with Crippen LogP contribution in [0.15, 0.2) is 12.1 Å². The van der Waals surface area contributed by atoms with Gasteiger partial charge in [0.1, 0.15) is 5.75 Å². The molecule has 0 amide bonds. The second-order valence-electron chi connectivity index (χ2n) is 5.65. The molecule has 0 aliphatic carbocycles. The van der Waals surface area contributed by atoms with Crippen LogP contribution in [0.1, 0.15) is 24.0 Å². The lowest BCUT2D eigenvalue weighted by molar-refractivity contribution is -0.385. The molecule has 1 aromatic carbocycles. The first-order valence-corrected chi connectivity index (χ1v) is 7.05. The molecule has 5 nitrogen and oxygen atoms in total. The molecule has 1 saturated heterocycles. The first-order valence-electron chi connectivity index (χ1n) is 7.05. The van der Waals surface area contributed by atoms with Crippen molar-refractivity contribution < 1.29 is 9.66 Å². The van der Waals surface area contributed by atoms with E-state index in [0.29, 0.717) is 18.1 Å². The first kappa shape index (κ1) is 14.8. The summed E-state index contributed by atoms with van der Waals surface area (Å²) in [6, 6.07) is 3.25. The highest BCUT2D eigenvalue weighted by molar-refractivity contribution is 5.50. The van der Waals surface area contributed by atoms with Crippen molar-refractivity contribution >= 4 is 5.69 Å². The molecule has 0 aromatic heterocycles. The van der Waals surface area contributed by atoms with Gasteiger partial charge in [-0.2, -0.15) is 0 Å². The maximum absolute atomic E-state index is 10.9. The molecule has 2 rings (SSSR count). The van der Waals surface area contributed by atoms with Gasteiger partial charge >= 0.3 is 0 Å². The fourth-order valence-corrected chi connectivity index (χ4v) is 2.57. The van der Waals surface area contributed by atoms with Gasteiger partial charge in [0, 0.05) is 17.2 Å². The molecule has 0 saturated carbocycles. The number of ether oxygens (including phenoxy) is 1. The molecule has 0 unspecified atom stereocenters. The van der Waals surface area contributed by atoms with Crippen LogP contribution in [0.4, 0.5) is 5.69 Å². The Morgan fingerprint density at radius 1 is 1.30 bits per heavy atom. The van der Waals surface area contributed by atoms with E-state index in [1.54, 1.807) is 13.0 Å². The third-order valence-corrected chi connectivity index (χ3v) is 4.22. The van der Waals surface area contributed by atoms with Gasteiger partial charge < -0.3 is 9.64 Å². The highest BCUT2D eigenvalue weighted by Crippen LogP contribution is 2.29. The van der Waals surface area contributed by atoms with Crippen molar-refractivity contribution in [3.8, 4) is 5.75 Å². The van der Waals surface area contributed by atoms with Gasteiger partial charge in [-0.1, -0.05) is 0 Å². The highest BCUT2D eigenvalue weighted by Gasteiger charge is 2.19. The van der Waals surface area contributed by atoms with Crippen molar-refractivity contribution in [3.05, 3.63) is 33.4 Å². The number of hydrogen-bond donors (Lipinski definition) is 0. The molecule has 110 valence electrons. The first-order chi connectivity index (χ1) is 9.49. The van der Waals surface area contributed by atoms with E-state index in [1.807, 2.05) is 6.92 Å². The summed E-state index contributed by atoms with van der Waals surface area (Å²) >= 11 is 0. The fourth-order valence-electron chi connectivity index (χ4n) is 2.57. The van der Waals surface area contributed by atoms with Gasteiger partial charge in [0.05, 0.1) is 11.5 Å². The second kappa shape index (κ2) is 6.22. The summed E-state index contributed by atoms with van der Waals surface area (Å²) in [5.74, 6) is 1.35. The van der Waals surface area contributed by atoms with Crippen molar-refractivity contribution in [1.82, 2.24) is 4.90 Å². The smallest absolute Gasteiger partial charge is 0.272 e. The van der Waals surface area contributed by atoms with Crippen LogP contribution >= 0.6 is 0 Å². The third-order valence-electron chi connectivity index (χ3n) is 4.22. The van der Waals surface area contributed by atoms with E-state index in [9.17, 15) is 10.1 Å². The molecule has 0 atom stereocenters. The minimum absolute atomic E-state index is 0.161. The lowest BCUT2D eigenvalue weighted by Gasteiger charge is -2.29. The molecule has 0 N–H and O–H groups in total. The van der Waals surface area contributed by atoms with Crippen molar-refractivity contribution in [2.45, 2.75) is 26.7 Å². The van der Waals surface area contributed by atoms with E-state index < -0.39 is 0 Å². The average molecular weight is 278 g/mol. The number of likely N-dealkylation sites (tertiary alicyclic amines) is 1. The number of piperidine rings is 1. The Bertz CT molecular complexity index is 494. The van der Waals surface area contributed by atoms with E-state index in [1.165, 1.54) is 6.07 Å². The maximum atomic E-state index is 10.9. The number of nitrogens with zero attached hydrogens (tertiary/aromatic N) is 2.